The molecule has 0 heterocycles. The Bertz CT molecular complexity index is 979. The van der Waals surface area contributed by atoms with Crippen LogP contribution in [-0.4, -0.2) is 30.2 Å². The number of hydrogen-bond acceptors (Lipinski definition) is 8. The fraction of sp³-hybridized carbons (Fsp3) is 0. The third-order valence-corrected chi connectivity index (χ3v) is 4.64. The van der Waals surface area contributed by atoms with Crippen molar-refractivity contribution in [3.63, 3.8) is 0 Å². The zero-order chi connectivity index (χ0) is 16.9. The first kappa shape index (κ1) is 15.2. The van der Waals surface area contributed by atoms with E-state index < -0.39 is 37.9 Å². The summed E-state index contributed by atoms with van der Waals surface area (Å²) in [5.41, 5.74) is -1.04. The lowest BCUT2D eigenvalue weighted by atomic mass is 9.83. The van der Waals surface area contributed by atoms with E-state index in [1.807, 2.05) is 0 Å². The van der Waals surface area contributed by atoms with Gasteiger partial charge in [-0.25, -0.2) is 0 Å². The molecule has 0 radical (unpaired) electrons. The van der Waals surface area contributed by atoms with Gasteiger partial charge in [0, 0.05) is 11.1 Å². The molecule has 3 rings (SSSR count). The molecule has 0 saturated carbocycles. The monoisotopic (exact) mass is 335 g/mol. The second-order valence-corrected chi connectivity index (χ2v) is 6.28. The summed E-state index contributed by atoms with van der Waals surface area (Å²) in [4.78, 5) is 24.2. The maximum absolute atomic E-state index is 12.5. The van der Waals surface area contributed by atoms with E-state index in [9.17, 15) is 28.2 Å². The predicted molar refractivity (Wildman–Crippen MR) is 75.5 cm³/mol. The van der Waals surface area contributed by atoms with Crippen molar-refractivity contribution in [3.05, 3.63) is 52.6 Å². The molecule has 8 nitrogen and oxygen atoms in total. The Morgan fingerprint density at radius 3 is 2.17 bits per heavy atom. The molecule has 0 aromatic heterocycles. The van der Waals surface area contributed by atoms with E-state index in [0.29, 0.717) is 0 Å². The van der Waals surface area contributed by atoms with Crippen molar-refractivity contribution in [1.82, 2.24) is 0 Å². The lowest BCUT2D eigenvalue weighted by Gasteiger charge is -2.20. The van der Waals surface area contributed by atoms with Gasteiger partial charge in [0.2, 0.25) is 0 Å². The van der Waals surface area contributed by atoms with Crippen molar-refractivity contribution < 1.29 is 32.5 Å². The Hall–Kier alpha value is -2.75. The molecular weight excluding hydrogens is 326 g/mol. The number of carbonyl (C=O) groups excluding carboxylic acids is 2. The van der Waals surface area contributed by atoms with Crippen LogP contribution in [0.1, 0.15) is 31.8 Å². The van der Waals surface area contributed by atoms with Crippen LogP contribution >= 0.6 is 0 Å². The smallest absolute Gasteiger partial charge is 0.316 e. The van der Waals surface area contributed by atoms with Crippen LogP contribution in [0.25, 0.3) is 0 Å². The first-order valence-electron chi connectivity index (χ1n) is 6.20. The first-order chi connectivity index (χ1) is 10.8. The fourth-order valence-corrected chi connectivity index (χ4v) is 3.16. The van der Waals surface area contributed by atoms with E-state index in [0.717, 1.165) is 12.1 Å². The third kappa shape index (κ3) is 2.02. The van der Waals surface area contributed by atoms with E-state index in [4.69, 9.17) is 0 Å². The van der Waals surface area contributed by atoms with Crippen molar-refractivity contribution in [2.45, 2.75) is 4.90 Å². The molecule has 0 atom stereocenters. The van der Waals surface area contributed by atoms with Crippen LogP contribution in [0.4, 0.5) is 0 Å². The number of carbonyl (C=O) groups is 2. The highest BCUT2D eigenvalue weighted by Crippen LogP contribution is 2.39. The SMILES string of the molecule is NOS(=O)(=O)c1ccc2c(c1O)C(=O)c1cccc(O)c1C2=O. The summed E-state index contributed by atoms with van der Waals surface area (Å²) in [6, 6.07) is 5.84. The molecule has 118 valence electrons. The van der Waals surface area contributed by atoms with Crippen LogP contribution in [0, 0.1) is 0 Å². The van der Waals surface area contributed by atoms with Gasteiger partial charge in [0.15, 0.2) is 11.6 Å². The van der Waals surface area contributed by atoms with Crippen molar-refractivity contribution in [2.24, 2.45) is 5.90 Å². The molecule has 2 aromatic rings. The zero-order valence-corrected chi connectivity index (χ0v) is 12.1. The molecule has 0 aliphatic heterocycles. The topological polar surface area (TPSA) is 144 Å². The van der Waals surface area contributed by atoms with Gasteiger partial charge in [-0.05, 0) is 18.2 Å². The predicted octanol–water partition coefficient (Wildman–Crippen LogP) is 0.452. The van der Waals surface area contributed by atoms with Crippen LogP contribution in [0.2, 0.25) is 0 Å². The van der Waals surface area contributed by atoms with E-state index in [1.54, 1.807) is 0 Å². The summed E-state index contributed by atoms with van der Waals surface area (Å²) in [6.45, 7) is 0. The molecule has 2 aromatic carbocycles. The molecular formula is C14H9NO7S. The first-order valence-corrected chi connectivity index (χ1v) is 7.61. The highest BCUT2D eigenvalue weighted by Gasteiger charge is 2.36. The van der Waals surface area contributed by atoms with E-state index in [1.165, 1.54) is 18.2 Å². The van der Waals surface area contributed by atoms with Crippen LogP contribution < -0.4 is 5.90 Å². The number of nitrogens with two attached hydrogens (primary N) is 1. The lowest BCUT2D eigenvalue weighted by Crippen LogP contribution is -2.22. The minimum atomic E-state index is -4.47. The molecule has 0 amide bonds. The van der Waals surface area contributed by atoms with Gasteiger partial charge in [0.25, 0.3) is 0 Å². The lowest BCUT2D eigenvalue weighted by molar-refractivity contribution is 0.0973. The minimum Gasteiger partial charge on any atom is -0.507 e. The van der Waals surface area contributed by atoms with Gasteiger partial charge in [0.1, 0.15) is 16.4 Å². The van der Waals surface area contributed by atoms with Gasteiger partial charge >= 0.3 is 10.1 Å². The van der Waals surface area contributed by atoms with Crippen molar-refractivity contribution in [1.29, 1.82) is 0 Å². The number of hydrogen-bond donors (Lipinski definition) is 3. The van der Waals surface area contributed by atoms with E-state index in [2.05, 4.69) is 10.2 Å². The summed E-state index contributed by atoms with van der Waals surface area (Å²) in [5, 5.41) is 19.9. The number of phenols is 2. The summed E-state index contributed by atoms with van der Waals surface area (Å²) >= 11 is 0. The molecule has 1 aliphatic rings. The van der Waals surface area contributed by atoms with Crippen molar-refractivity contribution >= 4 is 21.7 Å². The Kier molecular flexibility index (Phi) is 3.22. The number of phenolic OH excluding ortho intramolecular Hbond substituents is 2. The second kappa shape index (κ2) is 4.88. The number of ketones is 2. The van der Waals surface area contributed by atoms with Gasteiger partial charge in [-0.15, -0.1) is 0 Å². The molecule has 0 bridgehead atoms. The Balaban J connectivity index is 2.35. The number of fused-ring (bicyclic) bond motifs is 2. The summed E-state index contributed by atoms with van der Waals surface area (Å²) < 4.78 is 27.1. The highest BCUT2D eigenvalue weighted by atomic mass is 32.2. The molecule has 0 fully saturated rings. The Labute approximate surface area is 129 Å². The molecule has 9 heteroatoms. The molecule has 0 unspecified atom stereocenters. The van der Waals surface area contributed by atoms with Gasteiger partial charge in [-0.3, -0.25) is 9.59 Å². The normalized spacial score (nSPS) is 13.6. The van der Waals surface area contributed by atoms with Gasteiger partial charge < -0.3 is 10.2 Å². The highest BCUT2D eigenvalue weighted by molar-refractivity contribution is 7.86. The van der Waals surface area contributed by atoms with E-state index in [-0.39, 0.29) is 22.4 Å². The fourth-order valence-electron chi connectivity index (χ4n) is 2.48. The van der Waals surface area contributed by atoms with Crippen LogP contribution in [0.5, 0.6) is 11.5 Å². The quantitative estimate of drug-likeness (QED) is 0.573. The third-order valence-electron chi connectivity index (χ3n) is 3.52. The molecule has 0 saturated heterocycles. The Morgan fingerprint density at radius 1 is 0.913 bits per heavy atom. The van der Waals surface area contributed by atoms with Gasteiger partial charge in [-0.2, -0.15) is 18.6 Å². The maximum Gasteiger partial charge on any atom is 0.316 e. The summed E-state index contributed by atoms with van der Waals surface area (Å²) in [6.07, 6.45) is 0. The van der Waals surface area contributed by atoms with Gasteiger partial charge in [0.05, 0.1) is 11.1 Å². The summed E-state index contributed by atoms with van der Waals surface area (Å²) in [7, 11) is -4.47. The summed E-state index contributed by atoms with van der Waals surface area (Å²) in [5.74, 6) is 1.84. The van der Waals surface area contributed by atoms with Crippen LogP contribution in [-0.2, 0) is 14.4 Å². The van der Waals surface area contributed by atoms with Crippen molar-refractivity contribution in [3.8, 4) is 11.5 Å². The zero-order valence-electron chi connectivity index (χ0n) is 11.3. The average molecular weight is 335 g/mol. The Morgan fingerprint density at radius 2 is 1.52 bits per heavy atom. The minimum absolute atomic E-state index is 0.138. The molecule has 4 N–H and O–H groups in total. The second-order valence-electron chi connectivity index (χ2n) is 4.74. The number of benzene rings is 2. The largest absolute Gasteiger partial charge is 0.507 e. The van der Waals surface area contributed by atoms with Crippen LogP contribution in [0.15, 0.2) is 35.2 Å². The van der Waals surface area contributed by atoms with Gasteiger partial charge in [-0.1, -0.05) is 12.1 Å². The van der Waals surface area contributed by atoms with Crippen LogP contribution in [0.3, 0.4) is 0 Å². The maximum atomic E-state index is 12.5. The molecule has 0 spiro atoms. The van der Waals surface area contributed by atoms with Crippen molar-refractivity contribution in [2.75, 3.05) is 0 Å². The standard InChI is InChI=1S/C14H9NO7S/c15-22-23(20,21)9-5-4-7-11(14(9)19)13(18)6-2-1-3-8(16)10(6)12(7)17/h1-5,16,19H,15H2. The molecule has 1 aliphatic carbocycles. The van der Waals surface area contributed by atoms with E-state index >= 15 is 0 Å². The number of aromatic hydroxyl groups is 2. The average Bonchev–Trinajstić information content (AvgIpc) is 2.52. The molecule has 23 heavy (non-hydrogen) atoms. The number of rotatable bonds is 2.